The first-order valence-electron chi connectivity index (χ1n) is 14.3. The van der Waals surface area contributed by atoms with Gasteiger partial charge in [0.2, 0.25) is 5.78 Å². The number of hydrogen-bond acceptors (Lipinski definition) is 8. The third-order valence-electron chi connectivity index (χ3n) is 9.71. The number of carbonyl (C=O) groups is 4. The molecule has 8 heteroatoms. The summed E-state index contributed by atoms with van der Waals surface area (Å²) in [5, 5.41) is 0. The van der Waals surface area contributed by atoms with Crippen LogP contribution in [0.5, 0.6) is 0 Å². The quantitative estimate of drug-likeness (QED) is 0.301. The van der Waals surface area contributed by atoms with E-state index in [1.54, 1.807) is 6.92 Å². The van der Waals surface area contributed by atoms with E-state index >= 15 is 0 Å². The highest BCUT2D eigenvalue weighted by Crippen LogP contribution is 2.64. The van der Waals surface area contributed by atoms with Gasteiger partial charge in [-0.1, -0.05) is 57.2 Å². The normalized spacial score (nSPS) is 39.0. The lowest BCUT2D eigenvalue weighted by Gasteiger charge is -2.41. The summed E-state index contributed by atoms with van der Waals surface area (Å²) in [4.78, 5) is 52.9. The summed E-state index contributed by atoms with van der Waals surface area (Å²) in [5.41, 5.74) is -1.22. The van der Waals surface area contributed by atoms with Gasteiger partial charge in [-0.15, -0.1) is 0 Å². The molecule has 8 atom stereocenters. The molecule has 1 aromatic rings. The molecule has 1 heterocycles. The average Bonchev–Trinajstić information content (AvgIpc) is 3.73. The Morgan fingerprint density at radius 1 is 1.05 bits per heavy atom. The van der Waals surface area contributed by atoms with E-state index in [1.807, 2.05) is 43.3 Å². The Morgan fingerprint density at radius 2 is 1.73 bits per heavy atom. The van der Waals surface area contributed by atoms with Gasteiger partial charge in [-0.2, -0.15) is 0 Å². The number of carbonyl (C=O) groups excluding carboxylic acids is 4. The predicted octanol–water partition coefficient (Wildman–Crippen LogP) is 4.38. The third-order valence-corrected chi connectivity index (χ3v) is 9.71. The van der Waals surface area contributed by atoms with Crippen molar-refractivity contribution in [1.29, 1.82) is 0 Å². The maximum Gasteiger partial charge on any atom is 0.310 e. The highest BCUT2D eigenvalue weighted by atomic mass is 16.6. The second kappa shape index (κ2) is 10.1. The van der Waals surface area contributed by atoms with E-state index in [-0.39, 0.29) is 35.9 Å². The zero-order valence-corrected chi connectivity index (χ0v) is 24.2. The second-order valence-electron chi connectivity index (χ2n) is 12.9. The molecule has 0 aromatic heterocycles. The van der Waals surface area contributed by atoms with Gasteiger partial charge >= 0.3 is 17.9 Å². The van der Waals surface area contributed by atoms with Crippen LogP contribution in [0.15, 0.2) is 42.0 Å². The van der Waals surface area contributed by atoms with Crippen LogP contribution in [0.1, 0.15) is 66.4 Å². The van der Waals surface area contributed by atoms with Gasteiger partial charge in [-0.3, -0.25) is 19.2 Å². The van der Waals surface area contributed by atoms with Crippen molar-refractivity contribution in [1.82, 2.24) is 0 Å². The van der Waals surface area contributed by atoms with Crippen molar-refractivity contribution in [3.8, 4) is 0 Å². The second-order valence-corrected chi connectivity index (χ2v) is 12.9. The largest absolute Gasteiger partial charge is 0.461 e. The average molecular weight is 553 g/mol. The molecule has 216 valence electrons. The molecule has 1 aliphatic heterocycles. The predicted molar refractivity (Wildman–Crippen MR) is 145 cm³/mol. The van der Waals surface area contributed by atoms with Gasteiger partial charge < -0.3 is 18.9 Å². The monoisotopic (exact) mass is 552 g/mol. The van der Waals surface area contributed by atoms with Crippen LogP contribution in [0.25, 0.3) is 0 Å². The summed E-state index contributed by atoms with van der Waals surface area (Å²) in [6, 6.07) is 9.25. The van der Waals surface area contributed by atoms with E-state index in [1.165, 1.54) is 13.8 Å². The molecule has 8 nitrogen and oxygen atoms in total. The van der Waals surface area contributed by atoms with E-state index in [0.717, 1.165) is 12.0 Å². The summed E-state index contributed by atoms with van der Waals surface area (Å²) >= 11 is 0. The number of ketones is 1. The number of esters is 3. The van der Waals surface area contributed by atoms with Crippen molar-refractivity contribution in [2.75, 3.05) is 6.61 Å². The number of fused-ring (bicyclic) bond motifs is 2. The molecule has 40 heavy (non-hydrogen) atoms. The van der Waals surface area contributed by atoms with Crippen LogP contribution < -0.4 is 0 Å². The van der Waals surface area contributed by atoms with Crippen LogP contribution in [0, 0.1) is 29.1 Å². The summed E-state index contributed by atoms with van der Waals surface area (Å²) in [6.07, 6.45) is 1.85. The van der Waals surface area contributed by atoms with Gasteiger partial charge in [0.15, 0.2) is 5.60 Å². The minimum absolute atomic E-state index is 0.0141. The molecule has 5 rings (SSSR count). The van der Waals surface area contributed by atoms with Crippen molar-refractivity contribution in [3.63, 3.8) is 0 Å². The Balaban J connectivity index is 1.61. The number of hydrogen-bond donors (Lipinski definition) is 0. The molecule has 3 aliphatic carbocycles. The molecule has 3 fully saturated rings. The lowest BCUT2D eigenvalue weighted by atomic mass is 9.74. The Labute approximate surface area is 235 Å². The van der Waals surface area contributed by atoms with Crippen LogP contribution in [0.2, 0.25) is 0 Å². The van der Waals surface area contributed by atoms with Crippen LogP contribution in [-0.4, -0.2) is 53.7 Å². The number of allylic oxidation sites excluding steroid dienone is 1. The van der Waals surface area contributed by atoms with Crippen molar-refractivity contribution < 1.29 is 38.1 Å². The maximum atomic E-state index is 14.5. The molecule has 2 unspecified atom stereocenters. The lowest BCUT2D eigenvalue weighted by Crippen LogP contribution is -2.58. The molecular formula is C32H40O8. The highest BCUT2D eigenvalue weighted by molar-refractivity contribution is 6.03. The number of epoxide rings is 1. The molecule has 0 N–H and O–H groups in total. The summed E-state index contributed by atoms with van der Waals surface area (Å²) < 4.78 is 24.2. The van der Waals surface area contributed by atoms with Crippen LogP contribution >= 0.6 is 0 Å². The van der Waals surface area contributed by atoms with Gasteiger partial charge in [0.1, 0.15) is 17.8 Å². The fourth-order valence-corrected chi connectivity index (χ4v) is 7.55. The van der Waals surface area contributed by atoms with E-state index in [4.69, 9.17) is 18.9 Å². The summed E-state index contributed by atoms with van der Waals surface area (Å²) in [5.74, 6) is -2.72. The first kappa shape index (κ1) is 28.5. The minimum atomic E-state index is -1.68. The number of Topliss-reactive ketones (excluding diaryl/α,β-unsaturated/α-hetero) is 1. The summed E-state index contributed by atoms with van der Waals surface area (Å²) in [6.45, 7) is 11.0. The molecule has 0 radical (unpaired) electrons. The first-order chi connectivity index (χ1) is 18.8. The lowest BCUT2D eigenvalue weighted by molar-refractivity contribution is -0.190. The van der Waals surface area contributed by atoms with E-state index in [9.17, 15) is 19.2 Å². The SMILES string of the molecule is CC(=O)O[C@@H]1[C@H]2C(OC(=O)Cc3ccccc3)[C@@H](C)CC2(OC(C)=O)C(=O)/C(C)=C/[C@@H]2[C@H](CC[C@@]13CO3)C2(C)C. The van der Waals surface area contributed by atoms with Crippen molar-refractivity contribution in [3.05, 3.63) is 47.5 Å². The molecule has 0 bridgehead atoms. The maximum absolute atomic E-state index is 14.5. The Morgan fingerprint density at radius 3 is 2.33 bits per heavy atom. The smallest absolute Gasteiger partial charge is 0.310 e. The van der Waals surface area contributed by atoms with E-state index < -0.39 is 47.2 Å². The molecule has 1 saturated heterocycles. The summed E-state index contributed by atoms with van der Waals surface area (Å²) in [7, 11) is 0. The Hall–Kier alpha value is -3.00. The van der Waals surface area contributed by atoms with Gasteiger partial charge in [-0.05, 0) is 54.1 Å². The van der Waals surface area contributed by atoms with E-state index in [2.05, 4.69) is 13.8 Å². The van der Waals surface area contributed by atoms with Crippen molar-refractivity contribution >= 4 is 23.7 Å². The molecule has 4 aliphatic rings. The molecule has 0 amide bonds. The standard InChI is InChI=1S/C32H40O8/c1-18-14-24-23(30(24,5)6)12-13-31(17-37-31)29(38-20(3)33)26-27(39-25(35)15-22-10-8-7-9-11-22)19(2)16-32(26,28(18)36)40-21(4)34/h7-11,14,19,23-24,26-27,29H,12-13,15-17H2,1-6H3/b18-14+/t19-,23-,24+,26+,27?,29+,31+,32?/m0/s1. The number of rotatable bonds is 5. The van der Waals surface area contributed by atoms with Gasteiger partial charge in [0.25, 0.3) is 0 Å². The molecule has 2 saturated carbocycles. The zero-order chi connectivity index (χ0) is 29.0. The van der Waals surface area contributed by atoms with E-state index in [0.29, 0.717) is 24.5 Å². The number of benzene rings is 1. The van der Waals surface area contributed by atoms with Gasteiger partial charge in [0, 0.05) is 20.3 Å². The van der Waals surface area contributed by atoms with Crippen LogP contribution in [-0.2, 0) is 44.5 Å². The molecular weight excluding hydrogens is 512 g/mol. The van der Waals surface area contributed by atoms with Crippen LogP contribution in [0.3, 0.4) is 0 Å². The van der Waals surface area contributed by atoms with Crippen LogP contribution in [0.4, 0.5) is 0 Å². The highest BCUT2D eigenvalue weighted by Gasteiger charge is 2.71. The first-order valence-corrected chi connectivity index (χ1v) is 14.3. The zero-order valence-electron chi connectivity index (χ0n) is 24.2. The Bertz CT molecular complexity index is 1230. The van der Waals surface area contributed by atoms with Gasteiger partial charge in [-0.25, -0.2) is 0 Å². The molecule has 1 spiro atoms. The number of ether oxygens (including phenoxy) is 4. The fourth-order valence-electron chi connectivity index (χ4n) is 7.55. The molecule has 1 aromatic carbocycles. The van der Waals surface area contributed by atoms with Crippen molar-refractivity contribution in [2.45, 2.75) is 90.6 Å². The third kappa shape index (κ3) is 5.00. The fraction of sp³-hybridized carbons (Fsp3) is 0.625. The Kier molecular flexibility index (Phi) is 7.22. The topological polar surface area (TPSA) is 108 Å². The van der Waals surface area contributed by atoms with Gasteiger partial charge in [0.05, 0.1) is 18.9 Å². The van der Waals surface area contributed by atoms with Crippen molar-refractivity contribution in [2.24, 2.45) is 29.1 Å². The minimum Gasteiger partial charge on any atom is -0.461 e.